The number of nitrogens with one attached hydrogen (secondary N) is 1. The third-order valence-electron chi connectivity index (χ3n) is 4.02. The molecule has 0 fully saturated rings. The fraction of sp³-hybridized carbons (Fsp3) is 0.278. The van der Waals surface area contributed by atoms with E-state index < -0.39 is 24.1 Å². The summed E-state index contributed by atoms with van der Waals surface area (Å²) in [4.78, 5) is 16.2. The van der Waals surface area contributed by atoms with Gasteiger partial charge in [0.05, 0.1) is 12.7 Å². The molecule has 0 aliphatic carbocycles. The zero-order valence-corrected chi connectivity index (χ0v) is 16.1. The van der Waals surface area contributed by atoms with E-state index in [1.54, 1.807) is 24.3 Å². The van der Waals surface area contributed by atoms with Gasteiger partial charge in [-0.05, 0) is 25.1 Å². The maximum atomic E-state index is 12.8. The highest BCUT2D eigenvalue weighted by molar-refractivity contribution is 7.09. The first kappa shape index (κ1) is 20.8. The number of amides is 1. The SMILES string of the molecule is COc1cccc(-c2cc(C(=O)Nc3nc(CC(C)(O)C(F)(F)F)ns3)co2)c1. The number of benzene rings is 1. The molecule has 154 valence electrons. The number of aromatic nitrogens is 2. The van der Waals surface area contributed by atoms with Crippen molar-refractivity contribution < 1.29 is 32.2 Å². The molecule has 0 aliphatic rings. The molecular formula is C18H16F3N3O4S. The van der Waals surface area contributed by atoms with E-state index in [1.165, 1.54) is 19.4 Å². The normalized spacial score (nSPS) is 13.7. The molecule has 1 atom stereocenters. The number of rotatable bonds is 6. The van der Waals surface area contributed by atoms with Crippen LogP contribution in [-0.4, -0.2) is 39.3 Å². The first-order chi connectivity index (χ1) is 13.6. The van der Waals surface area contributed by atoms with Crippen LogP contribution in [0.2, 0.25) is 0 Å². The van der Waals surface area contributed by atoms with Gasteiger partial charge in [-0.15, -0.1) is 0 Å². The van der Waals surface area contributed by atoms with Crippen LogP contribution in [0.3, 0.4) is 0 Å². The lowest BCUT2D eigenvalue weighted by Crippen LogP contribution is -2.44. The zero-order chi connectivity index (χ0) is 21.2. The third-order valence-corrected chi connectivity index (χ3v) is 4.69. The van der Waals surface area contributed by atoms with Gasteiger partial charge in [0.25, 0.3) is 5.91 Å². The summed E-state index contributed by atoms with van der Waals surface area (Å²) in [7, 11) is 1.53. The first-order valence-corrected chi connectivity index (χ1v) is 9.02. The summed E-state index contributed by atoms with van der Waals surface area (Å²) in [6, 6.07) is 8.58. The van der Waals surface area contributed by atoms with E-state index in [2.05, 4.69) is 14.7 Å². The molecule has 1 unspecified atom stereocenters. The zero-order valence-electron chi connectivity index (χ0n) is 15.3. The van der Waals surface area contributed by atoms with Crippen LogP contribution in [-0.2, 0) is 6.42 Å². The fourth-order valence-corrected chi connectivity index (χ4v) is 2.92. The lowest BCUT2D eigenvalue weighted by Gasteiger charge is -2.24. The average Bonchev–Trinajstić information content (AvgIpc) is 3.30. The number of ether oxygens (including phenoxy) is 1. The molecule has 1 amide bonds. The number of halogens is 3. The molecule has 11 heteroatoms. The molecule has 0 saturated carbocycles. The maximum absolute atomic E-state index is 12.8. The largest absolute Gasteiger partial charge is 0.497 e. The second kappa shape index (κ2) is 7.84. The number of methoxy groups -OCH3 is 1. The van der Waals surface area contributed by atoms with Crippen LogP contribution in [0.4, 0.5) is 18.3 Å². The van der Waals surface area contributed by atoms with Gasteiger partial charge >= 0.3 is 6.18 Å². The van der Waals surface area contributed by atoms with Crippen LogP contribution in [0.25, 0.3) is 11.3 Å². The summed E-state index contributed by atoms with van der Waals surface area (Å²) in [6.07, 6.45) is -4.40. The third kappa shape index (κ3) is 4.74. The Hall–Kier alpha value is -2.92. The molecule has 0 spiro atoms. The number of nitrogens with zero attached hydrogens (tertiary/aromatic N) is 2. The van der Waals surface area contributed by atoms with Crippen molar-refractivity contribution >= 4 is 22.6 Å². The Morgan fingerprint density at radius 2 is 2.10 bits per heavy atom. The van der Waals surface area contributed by atoms with Gasteiger partial charge in [-0.25, -0.2) is 4.98 Å². The Balaban J connectivity index is 1.69. The van der Waals surface area contributed by atoms with Gasteiger partial charge in [-0.2, -0.15) is 17.5 Å². The molecule has 3 rings (SSSR count). The Labute approximate surface area is 167 Å². The van der Waals surface area contributed by atoms with Crippen LogP contribution in [0.5, 0.6) is 5.75 Å². The number of hydrogen-bond donors (Lipinski definition) is 2. The minimum absolute atomic E-state index is 0.00658. The highest BCUT2D eigenvalue weighted by Gasteiger charge is 2.50. The summed E-state index contributed by atoms with van der Waals surface area (Å²) < 4.78 is 52.6. The van der Waals surface area contributed by atoms with Gasteiger partial charge in [-0.3, -0.25) is 10.1 Å². The van der Waals surface area contributed by atoms with Gasteiger partial charge < -0.3 is 14.3 Å². The number of hydrogen-bond acceptors (Lipinski definition) is 7. The van der Waals surface area contributed by atoms with Crippen molar-refractivity contribution in [2.24, 2.45) is 0 Å². The van der Waals surface area contributed by atoms with E-state index in [4.69, 9.17) is 9.15 Å². The van der Waals surface area contributed by atoms with Gasteiger partial charge in [0.2, 0.25) is 5.13 Å². The molecule has 0 saturated heterocycles. The van der Waals surface area contributed by atoms with E-state index in [0.717, 1.165) is 0 Å². The summed E-state index contributed by atoms with van der Waals surface area (Å²) in [5, 5.41) is 12.0. The second-order valence-electron chi connectivity index (χ2n) is 6.35. The highest BCUT2D eigenvalue weighted by atomic mass is 32.1. The predicted molar refractivity (Wildman–Crippen MR) is 98.9 cm³/mol. The van der Waals surface area contributed by atoms with Crippen molar-refractivity contribution in [2.75, 3.05) is 12.4 Å². The molecule has 2 N–H and O–H groups in total. The Kier molecular flexibility index (Phi) is 5.62. The molecular weight excluding hydrogens is 411 g/mol. The molecule has 0 radical (unpaired) electrons. The molecule has 7 nitrogen and oxygen atoms in total. The summed E-state index contributed by atoms with van der Waals surface area (Å²) in [6.45, 7) is 0.637. The molecule has 2 heterocycles. The van der Waals surface area contributed by atoms with Crippen molar-refractivity contribution in [3.63, 3.8) is 0 Å². The van der Waals surface area contributed by atoms with Crippen molar-refractivity contribution in [3.8, 4) is 17.1 Å². The van der Waals surface area contributed by atoms with Crippen molar-refractivity contribution in [1.29, 1.82) is 0 Å². The van der Waals surface area contributed by atoms with Gasteiger partial charge in [0.15, 0.2) is 5.60 Å². The molecule has 1 aromatic carbocycles. The van der Waals surface area contributed by atoms with Crippen molar-refractivity contribution in [3.05, 3.63) is 48.0 Å². The van der Waals surface area contributed by atoms with E-state index in [0.29, 0.717) is 35.5 Å². The summed E-state index contributed by atoms with van der Waals surface area (Å²) >= 11 is 0.713. The van der Waals surface area contributed by atoms with E-state index in [1.807, 2.05) is 0 Å². The number of furan rings is 1. The first-order valence-electron chi connectivity index (χ1n) is 8.25. The van der Waals surface area contributed by atoms with Crippen LogP contribution >= 0.6 is 11.5 Å². The number of carbonyl (C=O) groups excluding carboxylic acids is 1. The lowest BCUT2D eigenvalue weighted by molar-refractivity contribution is -0.252. The number of anilines is 1. The second-order valence-corrected chi connectivity index (χ2v) is 7.10. The Morgan fingerprint density at radius 1 is 1.34 bits per heavy atom. The van der Waals surface area contributed by atoms with E-state index >= 15 is 0 Å². The van der Waals surface area contributed by atoms with Gasteiger partial charge in [-0.1, -0.05) is 12.1 Å². The molecule has 3 aromatic rings. The van der Waals surface area contributed by atoms with E-state index in [-0.39, 0.29) is 16.5 Å². The average molecular weight is 427 g/mol. The Morgan fingerprint density at radius 3 is 2.79 bits per heavy atom. The number of carbonyl (C=O) groups is 1. The number of alkyl halides is 3. The predicted octanol–water partition coefficient (Wildman–Crippen LogP) is 3.91. The topological polar surface area (TPSA) is 97.5 Å². The summed E-state index contributed by atoms with van der Waals surface area (Å²) in [5.74, 6) is 0.277. The molecule has 29 heavy (non-hydrogen) atoms. The van der Waals surface area contributed by atoms with Crippen molar-refractivity contribution in [2.45, 2.75) is 25.1 Å². The van der Waals surface area contributed by atoms with Gasteiger partial charge in [0.1, 0.15) is 23.6 Å². The van der Waals surface area contributed by atoms with Crippen LogP contribution in [0, 0.1) is 0 Å². The van der Waals surface area contributed by atoms with Gasteiger partial charge in [0, 0.05) is 23.5 Å². The fourth-order valence-electron chi connectivity index (χ4n) is 2.34. The standard InChI is InChI=1S/C18H16F3N3O4S/c1-17(26,18(19,20)21)8-14-22-16(29-24-14)23-15(25)11-7-13(28-9-11)10-4-3-5-12(6-10)27-2/h3-7,9,26H,8H2,1-2H3,(H,22,23,24,25). The lowest BCUT2D eigenvalue weighted by atomic mass is 10.0. The quantitative estimate of drug-likeness (QED) is 0.619. The molecule has 0 bridgehead atoms. The molecule has 0 aliphatic heterocycles. The smallest absolute Gasteiger partial charge is 0.417 e. The summed E-state index contributed by atoms with van der Waals surface area (Å²) in [5.41, 5.74) is -2.07. The maximum Gasteiger partial charge on any atom is 0.417 e. The van der Waals surface area contributed by atoms with Crippen LogP contribution in [0.1, 0.15) is 23.1 Å². The number of aliphatic hydroxyl groups is 1. The van der Waals surface area contributed by atoms with E-state index in [9.17, 15) is 23.1 Å². The molecule has 2 aromatic heterocycles. The highest BCUT2D eigenvalue weighted by Crippen LogP contribution is 2.33. The van der Waals surface area contributed by atoms with Crippen LogP contribution < -0.4 is 10.1 Å². The van der Waals surface area contributed by atoms with Crippen LogP contribution in [0.15, 0.2) is 41.0 Å². The monoisotopic (exact) mass is 427 g/mol. The minimum atomic E-state index is -4.82. The minimum Gasteiger partial charge on any atom is -0.497 e. The Bertz CT molecular complexity index is 1010. The van der Waals surface area contributed by atoms with Crippen molar-refractivity contribution in [1.82, 2.24) is 9.36 Å².